The third kappa shape index (κ3) is 3.46. The molecule has 0 atom stereocenters. The molecule has 0 spiro atoms. The van der Waals surface area contributed by atoms with Crippen LogP contribution in [0, 0.1) is 0 Å². The molecule has 29 heavy (non-hydrogen) atoms. The molecule has 0 fully saturated rings. The SMILES string of the molecule is CC(C)(C)c1n[n]([Sn]([c]2ccccc2)([c]2ccccc2)[c]2ccccc2)c(=O)o1. The van der Waals surface area contributed by atoms with E-state index in [1.807, 2.05) is 75.4 Å². The van der Waals surface area contributed by atoms with Crippen LogP contribution in [0.1, 0.15) is 26.7 Å². The van der Waals surface area contributed by atoms with E-state index in [0.717, 1.165) is 10.7 Å². The summed E-state index contributed by atoms with van der Waals surface area (Å²) in [5.41, 5.74) is -0.355. The third-order valence-corrected chi connectivity index (χ3v) is 17.7. The molecule has 0 amide bonds. The number of benzene rings is 3. The summed E-state index contributed by atoms with van der Waals surface area (Å²) >= 11 is -4.05. The van der Waals surface area contributed by atoms with Crippen molar-refractivity contribution in [2.24, 2.45) is 0 Å². The molecular formula is C24H24N2O2Sn. The molecule has 0 radical (unpaired) electrons. The first kappa shape index (κ1) is 19.7. The molecular weight excluding hydrogens is 467 g/mol. The fourth-order valence-corrected chi connectivity index (χ4v) is 16.0. The molecule has 0 saturated carbocycles. The molecule has 0 aliphatic heterocycles. The molecule has 0 unspecified atom stereocenters. The minimum atomic E-state index is -4.05. The Balaban J connectivity index is 2.16. The molecule has 0 aliphatic carbocycles. The standard InChI is InChI=1S/C6H10N2O2.3C6H5.Sn/c1-6(2,3)4-7-8-5(9)10-4;3*1-2-4-6-5-3-1;/h1-3H3,(H,8,9);3*1-5H;/q;;;;+1/p-1. The monoisotopic (exact) mass is 492 g/mol. The van der Waals surface area contributed by atoms with E-state index in [0.29, 0.717) is 5.89 Å². The van der Waals surface area contributed by atoms with Crippen LogP contribution in [-0.4, -0.2) is 26.7 Å². The Bertz CT molecular complexity index is 1050. The molecule has 1 heterocycles. The van der Waals surface area contributed by atoms with Crippen molar-refractivity contribution in [3.63, 3.8) is 0 Å². The normalized spacial score (nSPS) is 12.1. The second-order valence-electron chi connectivity index (χ2n) is 8.14. The van der Waals surface area contributed by atoms with E-state index < -0.39 is 18.7 Å². The number of aromatic nitrogens is 2. The average Bonchev–Trinajstić information content (AvgIpc) is 3.14. The molecule has 5 heteroatoms. The number of hydrogen-bond acceptors (Lipinski definition) is 3. The van der Waals surface area contributed by atoms with E-state index >= 15 is 0 Å². The predicted molar refractivity (Wildman–Crippen MR) is 119 cm³/mol. The second kappa shape index (κ2) is 7.67. The summed E-state index contributed by atoms with van der Waals surface area (Å²) in [5.74, 6) is 0.0775. The molecule has 1 aromatic heterocycles. The summed E-state index contributed by atoms with van der Waals surface area (Å²) in [6.07, 6.45) is 0. The summed E-state index contributed by atoms with van der Waals surface area (Å²) in [7, 11) is 0. The Labute approximate surface area is 175 Å². The fraction of sp³-hybridized carbons (Fsp3) is 0.167. The van der Waals surface area contributed by atoms with Crippen molar-refractivity contribution in [1.29, 1.82) is 0 Å². The van der Waals surface area contributed by atoms with Crippen LogP contribution in [0.3, 0.4) is 0 Å². The number of rotatable bonds is 4. The first-order valence-corrected chi connectivity index (χ1v) is 15.3. The van der Waals surface area contributed by atoms with Gasteiger partial charge in [0, 0.05) is 0 Å². The van der Waals surface area contributed by atoms with Gasteiger partial charge in [-0.05, 0) is 0 Å². The Morgan fingerprint density at radius 1 is 0.724 bits per heavy atom. The van der Waals surface area contributed by atoms with Crippen LogP contribution >= 0.6 is 0 Å². The summed E-state index contributed by atoms with van der Waals surface area (Å²) in [6.45, 7) is 6.02. The summed E-state index contributed by atoms with van der Waals surface area (Å²) in [5, 5.41) is 4.81. The zero-order chi connectivity index (χ0) is 20.5. The average molecular weight is 491 g/mol. The van der Waals surface area contributed by atoms with Crippen LogP contribution in [-0.2, 0) is 5.41 Å². The predicted octanol–water partition coefficient (Wildman–Crippen LogP) is 2.65. The molecule has 0 saturated heterocycles. The van der Waals surface area contributed by atoms with E-state index in [2.05, 4.69) is 36.4 Å². The summed E-state index contributed by atoms with van der Waals surface area (Å²) in [6, 6.07) is 30.9. The minimum absolute atomic E-state index is 0.355. The van der Waals surface area contributed by atoms with Crippen LogP contribution in [0.25, 0.3) is 0 Å². The Kier molecular flexibility index (Phi) is 5.21. The molecule has 3 aromatic carbocycles. The van der Waals surface area contributed by atoms with Crippen molar-refractivity contribution in [1.82, 2.24) is 8.00 Å². The van der Waals surface area contributed by atoms with E-state index in [4.69, 9.17) is 9.52 Å². The van der Waals surface area contributed by atoms with Crippen molar-refractivity contribution in [3.05, 3.63) is 107 Å². The van der Waals surface area contributed by atoms with Crippen molar-refractivity contribution in [2.45, 2.75) is 26.2 Å². The van der Waals surface area contributed by atoms with E-state index in [1.165, 1.54) is 0 Å². The van der Waals surface area contributed by atoms with Gasteiger partial charge in [0.2, 0.25) is 0 Å². The summed E-state index contributed by atoms with van der Waals surface area (Å²) < 4.78 is 10.8. The van der Waals surface area contributed by atoms with Gasteiger partial charge in [0.25, 0.3) is 0 Å². The molecule has 0 bridgehead atoms. The fourth-order valence-electron chi connectivity index (χ4n) is 3.70. The van der Waals surface area contributed by atoms with Crippen LogP contribution in [0.4, 0.5) is 0 Å². The van der Waals surface area contributed by atoms with Gasteiger partial charge in [0.15, 0.2) is 0 Å². The van der Waals surface area contributed by atoms with Crippen molar-refractivity contribution in [3.8, 4) is 0 Å². The van der Waals surface area contributed by atoms with Gasteiger partial charge in [0.1, 0.15) is 0 Å². The van der Waals surface area contributed by atoms with Gasteiger partial charge in [-0.25, -0.2) is 0 Å². The van der Waals surface area contributed by atoms with Crippen molar-refractivity contribution < 1.29 is 4.42 Å². The zero-order valence-corrected chi connectivity index (χ0v) is 19.7. The van der Waals surface area contributed by atoms with Gasteiger partial charge in [-0.3, -0.25) is 0 Å². The maximum atomic E-state index is 13.2. The molecule has 0 N–H and O–H groups in total. The zero-order valence-electron chi connectivity index (χ0n) is 16.9. The number of hydrogen-bond donors (Lipinski definition) is 0. The van der Waals surface area contributed by atoms with E-state index in [9.17, 15) is 4.79 Å². The van der Waals surface area contributed by atoms with Crippen molar-refractivity contribution in [2.75, 3.05) is 0 Å². The van der Waals surface area contributed by atoms with Gasteiger partial charge in [-0.1, -0.05) is 0 Å². The topological polar surface area (TPSA) is 48.0 Å². The molecule has 146 valence electrons. The maximum absolute atomic E-state index is 13.2. The first-order valence-electron chi connectivity index (χ1n) is 9.72. The van der Waals surface area contributed by atoms with Gasteiger partial charge in [0.05, 0.1) is 0 Å². The molecule has 4 nitrogen and oxygen atoms in total. The van der Waals surface area contributed by atoms with Gasteiger partial charge >= 0.3 is 175 Å². The first-order chi connectivity index (χ1) is 13.9. The Morgan fingerprint density at radius 3 is 1.41 bits per heavy atom. The quantitative estimate of drug-likeness (QED) is 0.413. The molecule has 0 aliphatic rings. The van der Waals surface area contributed by atoms with Gasteiger partial charge < -0.3 is 0 Å². The van der Waals surface area contributed by atoms with Crippen LogP contribution in [0.15, 0.2) is 100 Å². The van der Waals surface area contributed by atoms with Crippen LogP contribution in [0.5, 0.6) is 0 Å². The number of nitrogens with zero attached hydrogens (tertiary/aromatic N) is 2. The van der Waals surface area contributed by atoms with Gasteiger partial charge in [-0.2, -0.15) is 0 Å². The van der Waals surface area contributed by atoms with Crippen molar-refractivity contribution >= 4 is 29.4 Å². The van der Waals surface area contributed by atoms with E-state index in [1.54, 1.807) is 2.90 Å². The van der Waals surface area contributed by atoms with E-state index in [-0.39, 0.29) is 11.2 Å². The molecule has 4 rings (SSSR count). The Hall–Kier alpha value is -2.60. The van der Waals surface area contributed by atoms with Crippen LogP contribution < -0.4 is 16.5 Å². The second-order valence-corrected chi connectivity index (χ2v) is 18.4. The van der Waals surface area contributed by atoms with Gasteiger partial charge in [-0.15, -0.1) is 0 Å². The van der Waals surface area contributed by atoms with Crippen LogP contribution in [0.2, 0.25) is 0 Å². The Morgan fingerprint density at radius 2 is 1.10 bits per heavy atom. The summed E-state index contributed by atoms with van der Waals surface area (Å²) in [4.78, 5) is 13.2. The third-order valence-electron chi connectivity index (χ3n) is 5.08. The molecule has 4 aromatic rings.